The van der Waals surface area contributed by atoms with Crippen molar-refractivity contribution in [3.8, 4) is 28.5 Å². The number of carbonyl (C=O) groups is 1. The Labute approximate surface area is 190 Å². The first kappa shape index (κ1) is 21.6. The van der Waals surface area contributed by atoms with Gasteiger partial charge in [-0.25, -0.2) is 9.97 Å². The summed E-state index contributed by atoms with van der Waals surface area (Å²) in [7, 11) is 4.91. The molecule has 0 unspecified atom stereocenters. The van der Waals surface area contributed by atoms with Gasteiger partial charge < -0.3 is 19.1 Å². The smallest absolute Gasteiger partial charge is 0.260 e. The van der Waals surface area contributed by atoms with Gasteiger partial charge in [0.25, 0.3) is 5.91 Å². The molecular weight excluding hydrogens is 426 g/mol. The van der Waals surface area contributed by atoms with Crippen LogP contribution in [-0.4, -0.2) is 48.6 Å². The maximum atomic E-state index is 12.7. The lowest BCUT2D eigenvalue weighted by atomic mass is 10.1. The zero-order valence-electron chi connectivity index (χ0n) is 18.1. The number of likely N-dealkylation sites (N-methyl/N-ethyl adjacent to an activating group) is 1. The molecule has 0 spiro atoms. The van der Waals surface area contributed by atoms with Gasteiger partial charge in [-0.1, -0.05) is 36.4 Å². The molecule has 2 aromatic heterocycles. The molecule has 0 saturated carbocycles. The Morgan fingerprint density at radius 2 is 1.81 bits per heavy atom. The standard InChI is InChI=1S/C24H23N3O4S/c1-27(12-16-9-10-19(29-2)20(11-16)30-3)21(28)13-31-23-22-18(17-7-5-4-6-8-17)14-32-24(22)26-15-25-23/h4-11,14-15H,12-13H2,1-3H3. The van der Waals surface area contributed by atoms with Crippen LogP contribution in [-0.2, 0) is 11.3 Å². The van der Waals surface area contributed by atoms with Crippen molar-refractivity contribution in [2.75, 3.05) is 27.9 Å². The van der Waals surface area contributed by atoms with Crippen LogP contribution in [0, 0.1) is 0 Å². The maximum absolute atomic E-state index is 12.7. The van der Waals surface area contributed by atoms with Crippen molar-refractivity contribution in [3.63, 3.8) is 0 Å². The molecule has 32 heavy (non-hydrogen) atoms. The maximum Gasteiger partial charge on any atom is 0.260 e. The predicted octanol–water partition coefficient (Wildman–Crippen LogP) is 4.41. The number of aromatic nitrogens is 2. The summed E-state index contributed by atoms with van der Waals surface area (Å²) >= 11 is 1.52. The van der Waals surface area contributed by atoms with E-state index in [1.807, 2.05) is 53.9 Å². The topological polar surface area (TPSA) is 73.8 Å². The molecule has 0 aliphatic rings. The normalized spacial score (nSPS) is 10.7. The number of carbonyl (C=O) groups excluding carboxylic acids is 1. The number of ether oxygens (including phenoxy) is 3. The monoisotopic (exact) mass is 449 g/mol. The van der Waals surface area contributed by atoms with Crippen molar-refractivity contribution < 1.29 is 19.0 Å². The fourth-order valence-corrected chi connectivity index (χ4v) is 4.28. The predicted molar refractivity (Wildman–Crippen MR) is 124 cm³/mol. The SMILES string of the molecule is COc1ccc(CN(C)C(=O)COc2ncnc3scc(-c4ccccc4)c23)cc1OC. The second-order valence-electron chi connectivity index (χ2n) is 7.10. The van der Waals surface area contributed by atoms with Gasteiger partial charge in [0, 0.05) is 24.5 Å². The summed E-state index contributed by atoms with van der Waals surface area (Å²) in [5.74, 6) is 1.51. The number of nitrogens with zero attached hydrogens (tertiary/aromatic N) is 3. The van der Waals surface area contributed by atoms with Gasteiger partial charge in [0.1, 0.15) is 11.2 Å². The van der Waals surface area contributed by atoms with Crippen molar-refractivity contribution in [3.05, 3.63) is 65.8 Å². The van der Waals surface area contributed by atoms with E-state index >= 15 is 0 Å². The van der Waals surface area contributed by atoms with Gasteiger partial charge in [0.2, 0.25) is 5.88 Å². The Balaban J connectivity index is 1.48. The first-order valence-electron chi connectivity index (χ1n) is 9.96. The molecule has 0 aliphatic carbocycles. The molecule has 1 amide bonds. The molecule has 0 fully saturated rings. The third-order valence-electron chi connectivity index (χ3n) is 5.05. The molecule has 164 valence electrons. The highest BCUT2D eigenvalue weighted by Crippen LogP contribution is 2.37. The third kappa shape index (κ3) is 4.50. The van der Waals surface area contributed by atoms with Crippen LogP contribution in [0.25, 0.3) is 21.3 Å². The lowest BCUT2D eigenvalue weighted by molar-refractivity contribution is -0.132. The van der Waals surface area contributed by atoms with Crippen LogP contribution < -0.4 is 14.2 Å². The van der Waals surface area contributed by atoms with Crippen LogP contribution in [0.4, 0.5) is 0 Å². The first-order valence-corrected chi connectivity index (χ1v) is 10.8. The molecule has 2 heterocycles. The number of rotatable bonds is 8. The van der Waals surface area contributed by atoms with Crippen LogP contribution in [0.5, 0.6) is 17.4 Å². The highest BCUT2D eigenvalue weighted by atomic mass is 32.1. The summed E-state index contributed by atoms with van der Waals surface area (Å²) in [6.45, 7) is 0.287. The third-order valence-corrected chi connectivity index (χ3v) is 5.93. The molecule has 7 nitrogen and oxygen atoms in total. The van der Waals surface area contributed by atoms with Gasteiger partial charge in [0.05, 0.1) is 19.6 Å². The Bertz CT molecular complexity index is 1230. The summed E-state index contributed by atoms with van der Waals surface area (Å²) in [5.41, 5.74) is 2.97. The largest absolute Gasteiger partial charge is 0.493 e. The highest BCUT2D eigenvalue weighted by Gasteiger charge is 2.17. The average Bonchev–Trinajstić information content (AvgIpc) is 3.27. The van der Waals surface area contributed by atoms with Crippen molar-refractivity contribution in [2.24, 2.45) is 0 Å². The molecule has 0 saturated heterocycles. The van der Waals surface area contributed by atoms with Crippen molar-refractivity contribution in [2.45, 2.75) is 6.54 Å². The highest BCUT2D eigenvalue weighted by molar-refractivity contribution is 7.17. The number of benzene rings is 2. The first-order chi connectivity index (χ1) is 15.6. The van der Waals surface area contributed by atoms with Gasteiger partial charge in [-0.05, 0) is 23.3 Å². The number of thiophene rings is 1. The minimum absolute atomic E-state index is 0.125. The molecular formula is C24H23N3O4S. The summed E-state index contributed by atoms with van der Waals surface area (Å²) in [4.78, 5) is 23.8. The van der Waals surface area contributed by atoms with E-state index in [4.69, 9.17) is 14.2 Å². The van der Waals surface area contributed by atoms with Crippen LogP contribution >= 0.6 is 11.3 Å². The van der Waals surface area contributed by atoms with Gasteiger partial charge in [-0.15, -0.1) is 11.3 Å². The van der Waals surface area contributed by atoms with Crippen molar-refractivity contribution in [1.82, 2.24) is 14.9 Å². The minimum Gasteiger partial charge on any atom is -0.493 e. The summed E-state index contributed by atoms with van der Waals surface area (Å²) in [6, 6.07) is 15.6. The van der Waals surface area contributed by atoms with Crippen LogP contribution in [0.3, 0.4) is 0 Å². The minimum atomic E-state index is -0.164. The van der Waals surface area contributed by atoms with Crippen molar-refractivity contribution >= 4 is 27.5 Å². The van der Waals surface area contributed by atoms with E-state index in [-0.39, 0.29) is 12.5 Å². The number of hydrogen-bond acceptors (Lipinski definition) is 7. The van der Waals surface area contributed by atoms with E-state index in [0.29, 0.717) is 23.9 Å². The summed E-state index contributed by atoms with van der Waals surface area (Å²) in [5, 5.41) is 2.85. The molecule has 0 N–H and O–H groups in total. The van der Waals surface area contributed by atoms with Crippen molar-refractivity contribution in [1.29, 1.82) is 0 Å². The number of fused-ring (bicyclic) bond motifs is 1. The van der Waals surface area contributed by atoms with Gasteiger partial charge in [0.15, 0.2) is 18.1 Å². The lowest BCUT2D eigenvalue weighted by Crippen LogP contribution is -2.31. The Morgan fingerprint density at radius 1 is 1.03 bits per heavy atom. The fraction of sp³-hybridized carbons (Fsp3) is 0.208. The number of amides is 1. The molecule has 4 rings (SSSR count). The number of hydrogen-bond donors (Lipinski definition) is 0. The van der Waals surface area contributed by atoms with E-state index < -0.39 is 0 Å². The number of methoxy groups -OCH3 is 2. The lowest BCUT2D eigenvalue weighted by Gasteiger charge is -2.18. The van der Waals surface area contributed by atoms with Crippen LogP contribution in [0.2, 0.25) is 0 Å². The van der Waals surface area contributed by atoms with E-state index in [1.54, 1.807) is 26.2 Å². The second-order valence-corrected chi connectivity index (χ2v) is 7.96. The van der Waals surface area contributed by atoms with E-state index in [1.165, 1.54) is 17.7 Å². The van der Waals surface area contributed by atoms with Gasteiger partial charge >= 0.3 is 0 Å². The molecule has 0 atom stereocenters. The second kappa shape index (κ2) is 9.65. The Kier molecular flexibility index (Phi) is 6.51. The zero-order chi connectivity index (χ0) is 22.5. The molecule has 0 aliphatic heterocycles. The van der Waals surface area contributed by atoms with Gasteiger partial charge in [-0.3, -0.25) is 4.79 Å². The van der Waals surface area contributed by atoms with Crippen LogP contribution in [0.15, 0.2) is 60.2 Å². The Hall–Kier alpha value is -3.65. The fourth-order valence-electron chi connectivity index (χ4n) is 3.37. The Morgan fingerprint density at radius 3 is 2.56 bits per heavy atom. The van der Waals surface area contributed by atoms with E-state index in [9.17, 15) is 4.79 Å². The average molecular weight is 450 g/mol. The van der Waals surface area contributed by atoms with E-state index in [2.05, 4.69) is 9.97 Å². The van der Waals surface area contributed by atoms with E-state index in [0.717, 1.165) is 26.9 Å². The quantitative estimate of drug-likeness (QED) is 0.397. The molecule has 0 bridgehead atoms. The molecule has 2 aromatic carbocycles. The summed E-state index contributed by atoms with van der Waals surface area (Å²) in [6.07, 6.45) is 1.46. The summed E-state index contributed by atoms with van der Waals surface area (Å²) < 4.78 is 16.5. The molecule has 8 heteroatoms. The molecule has 4 aromatic rings. The zero-order valence-corrected chi connectivity index (χ0v) is 18.9. The van der Waals surface area contributed by atoms with Crippen LogP contribution in [0.1, 0.15) is 5.56 Å². The van der Waals surface area contributed by atoms with Gasteiger partial charge in [-0.2, -0.15) is 0 Å². The molecule has 0 radical (unpaired) electrons.